The van der Waals surface area contributed by atoms with Crippen LogP contribution in [0.2, 0.25) is 0 Å². The predicted octanol–water partition coefficient (Wildman–Crippen LogP) is 2.71. The minimum atomic E-state index is -0.0690. The number of fused-ring (bicyclic) bond motifs is 1. The molecule has 4 rings (SSSR count). The SMILES string of the molecule is CC(C)Oc1ccc(C(c2sc3ncnn3c2O)N2CCOCC2)cc1. The molecule has 1 unspecified atom stereocenters. The van der Waals surface area contributed by atoms with Gasteiger partial charge >= 0.3 is 0 Å². The lowest BCUT2D eigenvalue weighted by Crippen LogP contribution is -2.39. The fourth-order valence-corrected chi connectivity index (χ4v) is 4.33. The third-order valence-corrected chi connectivity index (χ3v) is 5.45. The van der Waals surface area contributed by atoms with Crippen molar-refractivity contribution >= 4 is 16.3 Å². The van der Waals surface area contributed by atoms with Crippen molar-refractivity contribution < 1.29 is 14.6 Å². The molecule has 1 saturated heterocycles. The summed E-state index contributed by atoms with van der Waals surface area (Å²) in [7, 11) is 0. The van der Waals surface area contributed by atoms with Gasteiger partial charge in [-0.25, -0.2) is 4.98 Å². The van der Waals surface area contributed by atoms with Crippen LogP contribution in [0.5, 0.6) is 11.6 Å². The number of benzene rings is 1. The highest BCUT2D eigenvalue weighted by molar-refractivity contribution is 7.17. The molecule has 1 aliphatic heterocycles. The fraction of sp³-hybridized carbons (Fsp3) is 0.444. The van der Waals surface area contributed by atoms with Gasteiger partial charge in [-0.3, -0.25) is 4.90 Å². The molecule has 0 aliphatic carbocycles. The van der Waals surface area contributed by atoms with E-state index in [1.54, 1.807) is 0 Å². The first-order valence-corrected chi connectivity index (χ1v) is 9.55. The predicted molar refractivity (Wildman–Crippen MR) is 99.0 cm³/mol. The lowest BCUT2D eigenvalue weighted by atomic mass is 10.0. The molecule has 0 spiro atoms. The van der Waals surface area contributed by atoms with Crippen LogP contribution in [0.1, 0.15) is 30.3 Å². The highest BCUT2D eigenvalue weighted by atomic mass is 32.1. The van der Waals surface area contributed by atoms with Crippen LogP contribution in [0.15, 0.2) is 30.6 Å². The standard InChI is InChI=1S/C18H22N4O3S/c1-12(2)25-14-5-3-13(4-6-14)15(21-7-9-24-10-8-21)16-17(23)22-18(26-16)19-11-20-22/h3-6,11-12,15,23H,7-10H2,1-2H3. The second-order valence-electron chi connectivity index (χ2n) is 6.53. The van der Waals surface area contributed by atoms with Crippen molar-refractivity contribution in [2.45, 2.75) is 26.0 Å². The lowest BCUT2D eigenvalue weighted by Gasteiger charge is -2.34. The highest BCUT2D eigenvalue weighted by Gasteiger charge is 2.30. The number of nitrogens with zero attached hydrogens (tertiary/aromatic N) is 4. The summed E-state index contributed by atoms with van der Waals surface area (Å²) in [4.78, 5) is 8.08. The average Bonchev–Trinajstić information content (AvgIpc) is 3.21. The number of hydrogen-bond donors (Lipinski definition) is 1. The Morgan fingerprint density at radius 2 is 1.92 bits per heavy atom. The van der Waals surface area contributed by atoms with Gasteiger partial charge in [-0.1, -0.05) is 23.5 Å². The van der Waals surface area contributed by atoms with Gasteiger partial charge in [0.25, 0.3) is 0 Å². The van der Waals surface area contributed by atoms with Gasteiger partial charge in [0, 0.05) is 13.1 Å². The Labute approximate surface area is 155 Å². The number of rotatable bonds is 5. The Morgan fingerprint density at radius 3 is 2.58 bits per heavy atom. The summed E-state index contributed by atoms with van der Waals surface area (Å²) in [5.74, 6) is 0.998. The van der Waals surface area contributed by atoms with Crippen LogP contribution in [0.3, 0.4) is 0 Å². The maximum absolute atomic E-state index is 10.7. The third-order valence-electron chi connectivity index (χ3n) is 4.37. The van der Waals surface area contributed by atoms with Crippen molar-refractivity contribution in [1.82, 2.24) is 19.5 Å². The molecule has 3 aromatic rings. The van der Waals surface area contributed by atoms with E-state index in [2.05, 4.69) is 27.1 Å². The van der Waals surface area contributed by atoms with Crippen LogP contribution >= 0.6 is 11.3 Å². The number of hydrogen-bond acceptors (Lipinski definition) is 7. The molecule has 26 heavy (non-hydrogen) atoms. The first-order valence-electron chi connectivity index (χ1n) is 8.73. The zero-order valence-corrected chi connectivity index (χ0v) is 15.6. The summed E-state index contributed by atoms with van der Waals surface area (Å²) in [6.07, 6.45) is 1.59. The van der Waals surface area contributed by atoms with Gasteiger partial charge in [-0.05, 0) is 31.5 Å². The Morgan fingerprint density at radius 1 is 1.19 bits per heavy atom. The molecule has 1 fully saturated rings. The number of aromatic hydroxyl groups is 1. The van der Waals surface area contributed by atoms with Crippen molar-refractivity contribution in [3.63, 3.8) is 0 Å². The number of ether oxygens (including phenoxy) is 2. The third kappa shape index (κ3) is 3.27. The Hall–Kier alpha value is -2.16. The molecular weight excluding hydrogens is 352 g/mol. The maximum atomic E-state index is 10.7. The van der Waals surface area contributed by atoms with Crippen molar-refractivity contribution in [3.8, 4) is 11.6 Å². The molecule has 1 aliphatic rings. The van der Waals surface area contributed by atoms with Gasteiger partial charge in [0.2, 0.25) is 10.8 Å². The lowest BCUT2D eigenvalue weighted by molar-refractivity contribution is 0.0241. The van der Waals surface area contributed by atoms with Crippen molar-refractivity contribution in [2.75, 3.05) is 26.3 Å². The Balaban J connectivity index is 1.73. The monoisotopic (exact) mass is 374 g/mol. The number of aromatic nitrogens is 3. The normalized spacial score (nSPS) is 17.0. The molecule has 8 heteroatoms. The first-order chi connectivity index (χ1) is 12.6. The van der Waals surface area contributed by atoms with Crippen molar-refractivity contribution in [3.05, 3.63) is 41.0 Å². The second-order valence-corrected chi connectivity index (χ2v) is 7.54. The Kier molecular flexibility index (Phi) is 4.80. The van der Waals surface area contributed by atoms with Crippen LogP contribution < -0.4 is 4.74 Å². The molecule has 1 N–H and O–H groups in total. The summed E-state index contributed by atoms with van der Waals surface area (Å²) >= 11 is 1.47. The van der Waals surface area contributed by atoms with E-state index < -0.39 is 0 Å². The van der Waals surface area contributed by atoms with Crippen LogP contribution in [-0.2, 0) is 4.74 Å². The molecular formula is C18H22N4O3S. The molecule has 0 radical (unpaired) electrons. The van der Waals surface area contributed by atoms with E-state index in [-0.39, 0.29) is 18.0 Å². The van der Waals surface area contributed by atoms with Gasteiger partial charge in [0.15, 0.2) is 0 Å². The topological polar surface area (TPSA) is 72.1 Å². The molecule has 2 aromatic heterocycles. The number of thiazole rings is 1. The largest absolute Gasteiger partial charge is 0.492 e. The van der Waals surface area contributed by atoms with E-state index >= 15 is 0 Å². The van der Waals surface area contributed by atoms with Crippen molar-refractivity contribution in [1.29, 1.82) is 0 Å². The molecule has 0 bridgehead atoms. The molecule has 0 saturated carbocycles. The minimum Gasteiger partial charge on any atom is -0.492 e. The maximum Gasteiger partial charge on any atom is 0.230 e. The van der Waals surface area contributed by atoms with Crippen LogP contribution in [0, 0.1) is 0 Å². The van der Waals surface area contributed by atoms with Gasteiger partial charge < -0.3 is 14.6 Å². The van der Waals surface area contributed by atoms with Gasteiger partial charge in [-0.2, -0.15) is 9.61 Å². The smallest absolute Gasteiger partial charge is 0.230 e. The van der Waals surface area contributed by atoms with Gasteiger partial charge in [0.1, 0.15) is 12.1 Å². The number of morpholine rings is 1. The van der Waals surface area contributed by atoms with Crippen LogP contribution in [-0.4, -0.2) is 57.0 Å². The molecule has 7 nitrogen and oxygen atoms in total. The molecule has 138 valence electrons. The van der Waals surface area contributed by atoms with Crippen LogP contribution in [0.25, 0.3) is 4.96 Å². The fourth-order valence-electron chi connectivity index (χ4n) is 3.24. The second kappa shape index (κ2) is 7.22. The summed E-state index contributed by atoms with van der Waals surface area (Å²) in [6.45, 7) is 7.01. The van der Waals surface area contributed by atoms with E-state index in [0.29, 0.717) is 18.2 Å². The molecule has 1 aromatic carbocycles. The first kappa shape index (κ1) is 17.3. The van der Waals surface area contributed by atoms with Gasteiger partial charge in [0.05, 0.1) is 30.2 Å². The van der Waals surface area contributed by atoms with E-state index in [4.69, 9.17) is 9.47 Å². The Bertz CT molecular complexity index is 868. The van der Waals surface area contributed by atoms with Gasteiger partial charge in [-0.15, -0.1) is 0 Å². The van der Waals surface area contributed by atoms with E-state index in [1.165, 1.54) is 22.2 Å². The van der Waals surface area contributed by atoms with Crippen LogP contribution in [0.4, 0.5) is 0 Å². The minimum absolute atomic E-state index is 0.0690. The van der Waals surface area contributed by atoms with E-state index in [1.807, 2.05) is 26.0 Å². The highest BCUT2D eigenvalue weighted by Crippen LogP contribution is 2.40. The van der Waals surface area contributed by atoms with E-state index in [9.17, 15) is 5.11 Å². The summed E-state index contributed by atoms with van der Waals surface area (Å²) in [5.41, 5.74) is 1.10. The molecule has 3 heterocycles. The average molecular weight is 374 g/mol. The van der Waals surface area contributed by atoms with Crippen molar-refractivity contribution in [2.24, 2.45) is 0 Å². The molecule has 1 atom stereocenters. The summed E-state index contributed by atoms with van der Waals surface area (Å²) < 4.78 is 12.8. The molecule has 0 amide bonds. The zero-order chi connectivity index (χ0) is 18.1. The van der Waals surface area contributed by atoms with E-state index in [0.717, 1.165) is 29.3 Å². The quantitative estimate of drug-likeness (QED) is 0.740. The summed E-state index contributed by atoms with van der Waals surface area (Å²) in [5, 5.41) is 14.8. The summed E-state index contributed by atoms with van der Waals surface area (Å²) in [6, 6.07) is 8.02. The zero-order valence-electron chi connectivity index (χ0n) is 14.8.